The summed E-state index contributed by atoms with van der Waals surface area (Å²) >= 11 is 0. The van der Waals surface area contributed by atoms with E-state index in [4.69, 9.17) is 10.2 Å². The van der Waals surface area contributed by atoms with Crippen LogP contribution in [0.25, 0.3) is 0 Å². The molecule has 0 radical (unpaired) electrons. The van der Waals surface area contributed by atoms with Crippen LogP contribution in [0.5, 0.6) is 0 Å². The van der Waals surface area contributed by atoms with Gasteiger partial charge in [-0.25, -0.2) is 4.98 Å². The lowest BCUT2D eigenvalue weighted by atomic mass is 9.95. The lowest BCUT2D eigenvalue weighted by Crippen LogP contribution is -2.33. The molecule has 0 saturated heterocycles. The molecule has 0 aliphatic heterocycles. The van der Waals surface area contributed by atoms with Crippen molar-refractivity contribution in [2.45, 2.75) is 18.4 Å². The van der Waals surface area contributed by atoms with Crippen LogP contribution >= 0.6 is 0 Å². The maximum Gasteiger partial charge on any atom is 0.180 e. The molecule has 3 nitrogen and oxygen atoms in total. The van der Waals surface area contributed by atoms with Gasteiger partial charge in [-0.3, -0.25) is 0 Å². The average Bonchev–Trinajstić information content (AvgIpc) is 2.55. The van der Waals surface area contributed by atoms with Crippen LogP contribution in [-0.4, -0.2) is 4.98 Å². The van der Waals surface area contributed by atoms with Gasteiger partial charge in [0, 0.05) is 0 Å². The third-order valence-corrected chi connectivity index (χ3v) is 2.07. The second kappa shape index (κ2) is 2.20. The number of hydrogen-bond acceptors (Lipinski definition) is 3. The Labute approximate surface area is 64.9 Å². The van der Waals surface area contributed by atoms with E-state index in [0.29, 0.717) is 0 Å². The topological polar surface area (TPSA) is 52.0 Å². The zero-order valence-electron chi connectivity index (χ0n) is 6.16. The number of nitrogens with zero attached hydrogens (tertiary/aromatic N) is 1. The maximum atomic E-state index is 6.04. The minimum absolute atomic E-state index is 0.299. The number of hydrogen-bond donors (Lipinski definition) is 1. The first-order valence-corrected chi connectivity index (χ1v) is 3.64. The molecule has 0 unspecified atom stereocenters. The first-order chi connectivity index (χ1) is 5.31. The van der Waals surface area contributed by atoms with Crippen molar-refractivity contribution in [1.29, 1.82) is 0 Å². The number of oxazole rings is 1. The van der Waals surface area contributed by atoms with Crippen molar-refractivity contribution in [1.82, 2.24) is 4.98 Å². The van der Waals surface area contributed by atoms with E-state index in [1.165, 1.54) is 6.39 Å². The Morgan fingerprint density at radius 1 is 1.45 bits per heavy atom. The predicted octanol–water partition coefficient (Wildman–Crippen LogP) is 1.18. The van der Waals surface area contributed by atoms with E-state index in [2.05, 4.69) is 17.1 Å². The Kier molecular flexibility index (Phi) is 1.32. The molecule has 0 atom stereocenters. The smallest absolute Gasteiger partial charge is 0.180 e. The third kappa shape index (κ3) is 0.973. The minimum Gasteiger partial charge on any atom is -0.451 e. The highest BCUT2D eigenvalue weighted by Crippen LogP contribution is 2.30. The molecule has 58 valence electrons. The van der Waals surface area contributed by atoms with Crippen LogP contribution in [0.2, 0.25) is 0 Å². The molecule has 1 aliphatic rings. The van der Waals surface area contributed by atoms with Gasteiger partial charge in [-0.2, -0.15) is 0 Å². The van der Waals surface area contributed by atoms with Gasteiger partial charge in [0.05, 0.1) is 11.2 Å². The van der Waals surface area contributed by atoms with Crippen LogP contribution < -0.4 is 5.73 Å². The normalized spacial score (nSPS) is 20.8. The average molecular weight is 150 g/mol. The summed E-state index contributed by atoms with van der Waals surface area (Å²) in [5.41, 5.74) is 6.59. The fraction of sp³-hybridized carbons (Fsp3) is 0.375. The van der Waals surface area contributed by atoms with E-state index in [1.54, 1.807) is 6.26 Å². The molecule has 2 rings (SSSR count). The van der Waals surface area contributed by atoms with Crippen LogP contribution in [0.4, 0.5) is 0 Å². The van der Waals surface area contributed by atoms with Crippen molar-refractivity contribution in [2.75, 3.05) is 0 Å². The minimum atomic E-state index is -0.299. The SMILES string of the molecule is NC1(c2cocn2)CC=CC1. The third-order valence-electron chi connectivity index (χ3n) is 2.07. The number of nitrogens with two attached hydrogens (primary N) is 1. The Hall–Kier alpha value is -1.09. The highest BCUT2D eigenvalue weighted by Gasteiger charge is 2.30. The van der Waals surface area contributed by atoms with Gasteiger partial charge in [-0.05, 0) is 12.8 Å². The number of rotatable bonds is 1. The summed E-state index contributed by atoms with van der Waals surface area (Å²) in [5.74, 6) is 0. The maximum absolute atomic E-state index is 6.04. The molecule has 1 heterocycles. The zero-order chi connectivity index (χ0) is 7.73. The Bertz CT molecular complexity index is 256. The molecule has 11 heavy (non-hydrogen) atoms. The molecular weight excluding hydrogens is 140 g/mol. The molecule has 1 aliphatic carbocycles. The summed E-state index contributed by atoms with van der Waals surface area (Å²) in [6.45, 7) is 0. The summed E-state index contributed by atoms with van der Waals surface area (Å²) in [6, 6.07) is 0. The standard InChI is InChI=1S/C8H10N2O/c9-8(3-1-2-4-8)7-5-11-6-10-7/h1-2,5-6H,3-4,9H2. The summed E-state index contributed by atoms with van der Waals surface area (Å²) in [6.07, 6.45) is 8.91. The lowest BCUT2D eigenvalue weighted by molar-refractivity contribution is 0.461. The fourth-order valence-corrected chi connectivity index (χ4v) is 1.34. The van der Waals surface area contributed by atoms with Crippen molar-refractivity contribution in [2.24, 2.45) is 5.73 Å². The molecule has 0 fully saturated rings. The van der Waals surface area contributed by atoms with Crippen molar-refractivity contribution in [3.63, 3.8) is 0 Å². The van der Waals surface area contributed by atoms with Gasteiger partial charge >= 0.3 is 0 Å². The summed E-state index contributed by atoms with van der Waals surface area (Å²) in [5, 5.41) is 0. The summed E-state index contributed by atoms with van der Waals surface area (Å²) in [7, 11) is 0. The molecule has 1 aromatic heterocycles. The summed E-state index contributed by atoms with van der Waals surface area (Å²) in [4.78, 5) is 4.04. The van der Waals surface area contributed by atoms with Crippen molar-refractivity contribution in [3.05, 3.63) is 30.5 Å². The molecule has 0 saturated carbocycles. The zero-order valence-corrected chi connectivity index (χ0v) is 6.16. The lowest BCUT2D eigenvalue weighted by Gasteiger charge is -2.19. The molecule has 0 amide bonds. The van der Waals surface area contributed by atoms with Crippen molar-refractivity contribution < 1.29 is 4.42 Å². The Morgan fingerprint density at radius 3 is 2.73 bits per heavy atom. The van der Waals surface area contributed by atoms with Gasteiger partial charge in [0.15, 0.2) is 6.39 Å². The first-order valence-electron chi connectivity index (χ1n) is 3.64. The van der Waals surface area contributed by atoms with Crippen LogP contribution in [0.3, 0.4) is 0 Å². The van der Waals surface area contributed by atoms with Gasteiger partial charge < -0.3 is 10.2 Å². The second-order valence-electron chi connectivity index (χ2n) is 2.91. The van der Waals surface area contributed by atoms with E-state index >= 15 is 0 Å². The quantitative estimate of drug-likeness (QED) is 0.611. The van der Waals surface area contributed by atoms with Gasteiger partial charge in [0.25, 0.3) is 0 Å². The summed E-state index contributed by atoms with van der Waals surface area (Å²) < 4.78 is 4.87. The van der Waals surface area contributed by atoms with E-state index in [-0.39, 0.29) is 5.54 Å². The van der Waals surface area contributed by atoms with Crippen LogP contribution in [-0.2, 0) is 5.54 Å². The van der Waals surface area contributed by atoms with E-state index in [0.717, 1.165) is 18.5 Å². The largest absolute Gasteiger partial charge is 0.451 e. The molecule has 0 spiro atoms. The first kappa shape index (κ1) is 6.61. The molecule has 0 bridgehead atoms. The Balaban J connectivity index is 2.29. The fourth-order valence-electron chi connectivity index (χ4n) is 1.34. The highest BCUT2D eigenvalue weighted by atomic mass is 16.3. The van der Waals surface area contributed by atoms with E-state index in [9.17, 15) is 0 Å². The van der Waals surface area contributed by atoms with Crippen LogP contribution in [0.1, 0.15) is 18.5 Å². The molecule has 0 aromatic carbocycles. The van der Waals surface area contributed by atoms with E-state index < -0.39 is 0 Å². The monoisotopic (exact) mass is 150 g/mol. The molecular formula is C8H10N2O. The van der Waals surface area contributed by atoms with Crippen molar-refractivity contribution in [3.8, 4) is 0 Å². The number of aromatic nitrogens is 1. The predicted molar refractivity (Wildman–Crippen MR) is 40.7 cm³/mol. The molecule has 3 heteroatoms. The molecule has 2 N–H and O–H groups in total. The van der Waals surface area contributed by atoms with Gasteiger partial charge in [-0.1, -0.05) is 12.2 Å². The van der Waals surface area contributed by atoms with Crippen LogP contribution in [0, 0.1) is 0 Å². The highest BCUT2D eigenvalue weighted by molar-refractivity contribution is 5.18. The van der Waals surface area contributed by atoms with Gasteiger partial charge in [0.2, 0.25) is 0 Å². The van der Waals surface area contributed by atoms with Gasteiger partial charge in [-0.15, -0.1) is 0 Å². The van der Waals surface area contributed by atoms with Crippen molar-refractivity contribution >= 4 is 0 Å². The van der Waals surface area contributed by atoms with E-state index in [1.807, 2.05) is 0 Å². The van der Waals surface area contributed by atoms with Gasteiger partial charge in [0.1, 0.15) is 6.26 Å². The molecule has 1 aromatic rings. The Morgan fingerprint density at radius 2 is 2.18 bits per heavy atom. The second-order valence-corrected chi connectivity index (χ2v) is 2.91. The van der Waals surface area contributed by atoms with Crippen LogP contribution in [0.15, 0.2) is 29.2 Å².